The van der Waals surface area contributed by atoms with Gasteiger partial charge in [-0.05, 0) is 65.4 Å². The molecule has 0 aliphatic heterocycles. The van der Waals surface area contributed by atoms with Crippen molar-refractivity contribution in [2.75, 3.05) is 6.26 Å². The van der Waals surface area contributed by atoms with Gasteiger partial charge in [-0.25, -0.2) is 13.2 Å². The van der Waals surface area contributed by atoms with Crippen LogP contribution in [-0.4, -0.2) is 85.8 Å². The Morgan fingerprint density at radius 2 is 1.31 bits per heavy atom. The number of alkyl carbamates (subject to hydrolysis) is 1. The zero-order chi connectivity index (χ0) is 41.4. The van der Waals surface area contributed by atoms with Gasteiger partial charge >= 0.3 is 18.0 Å². The van der Waals surface area contributed by atoms with Gasteiger partial charge in [0.05, 0.1) is 12.5 Å². The topological polar surface area (TPSA) is 212 Å². The van der Waals surface area contributed by atoms with E-state index in [0.29, 0.717) is 6.42 Å². The van der Waals surface area contributed by atoms with Gasteiger partial charge in [0.2, 0.25) is 17.7 Å². The van der Waals surface area contributed by atoms with Gasteiger partial charge in [0.25, 0.3) is 0 Å². The largest absolute Gasteiger partial charge is 0.460 e. The summed E-state index contributed by atoms with van der Waals surface area (Å²) in [5.74, 6) is -4.54. The van der Waals surface area contributed by atoms with Crippen molar-refractivity contribution < 1.29 is 51.4 Å². The van der Waals surface area contributed by atoms with E-state index in [1.54, 1.807) is 93.5 Å². The van der Waals surface area contributed by atoms with Crippen molar-refractivity contribution in [2.45, 2.75) is 137 Å². The predicted molar refractivity (Wildman–Crippen MR) is 203 cm³/mol. The number of ether oxygens (including phenoxy) is 3. The fourth-order valence-electron chi connectivity index (χ4n) is 4.81. The molecule has 0 aromatic heterocycles. The fraction of sp³-hybridized carbons (Fsp3) is 0.632. The average molecular weight is 781 g/mol. The highest BCUT2D eigenvalue weighted by Crippen LogP contribution is 2.15. The van der Waals surface area contributed by atoms with Crippen molar-refractivity contribution in [1.82, 2.24) is 21.3 Å². The number of rotatable bonds is 19. The standard InChI is InChI=1S/C38H60N4O11S/c1-12-25(4)32(35(47)39-27(20-21-54(11,49)50)22-30(44)53-38(8,9)10)41-33(45)28(18-19-29(43)52-37(5,6)7)40-34(46)31(24(2)3)42-36(48)51-23-26-16-14-13-15-17-26/h13-17,20-21,24-25,27-28,31-32H,12,18-19,22-23H2,1-11H3,(H,39,47)(H,40,46)(H,41,45)(H,42,48)/b21-20+/t25?,27-,28+,31+,32+/m1/s1. The first-order valence-electron chi connectivity index (χ1n) is 18.0. The minimum absolute atomic E-state index is 0.0399. The minimum atomic E-state index is -3.64. The Labute approximate surface area is 320 Å². The minimum Gasteiger partial charge on any atom is -0.460 e. The van der Waals surface area contributed by atoms with E-state index in [1.807, 2.05) is 6.07 Å². The molecule has 4 N–H and O–H groups in total. The first-order valence-corrected chi connectivity index (χ1v) is 20.0. The molecule has 0 radical (unpaired) electrons. The maximum Gasteiger partial charge on any atom is 0.408 e. The summed E-state index contributed by atoms with van der Waals surface area (Å²) >= 11 is 0. The van der Waals surface area contributed by atoms with Gasteiger partial charge in [-0.15, -0.1) is 0 Å². The van der Waals surface area contributed by atoms with Crippen LogP contribution in [0.4, 0.5) is 4.79 Å². The molecule has 5 atom stereocenters. The van der Waals surface area contributed by atoms with Gasteiger partial charge in [0, 0.05) is 18.1 Å². The zero-order valence-electron chi connectivity index (χ0n) is 33.4. The molecule has 0 aliphatic rings. The third kappa shape index (κ3) is 20.1. The number of carbonyl (C=O) groups excluding carboxylic acids is 6. The van der Waals surface area contributed by atoms with Crippen LogP contribution in [0.15, 0.2) is 41.8 Å². The lowest BCUT2D eigenvalue weighted by atomic mass is 9.96. The molecule has 1 rings (SSSR count). The molecule has 1 aromatic rings. The van der Waals surface area contributed by atoms with Gasteiger partial charge < -0.3 is 35.5 Å². The molecule has 16 heteroatoms. The van der Waals surface area contributed by atoms with E-state index in [4.69, 9.17) is 14.2 Å². The van der Waals surface area contributed by atoms with Crippen LogP contribution in [0.3, 0.4) is 0 Å². The van der Waals surface area contributed by atoms with Gasteiger partial charge in [-0.3, -0.25) is 24.0 Å². The van der Waals surface area contributed by atoms with Gasteiger partial charge in [-0.2, -0.15) is 0 Å². The molecular weight excluding hydrogens is 721 g/mol. The maximum atomic E-state index is 13.9. The maximum absolute atomic E-state index is 13.9. The second-order valence-electron chi connectivity index (χ2n) is 15.5. The van der Waals surface area contributed by atoms with Crippen LogP contribution in [-0.2, 0) is 54.6 Å². The van der Waals surface area contributed by atoms with Crippen LogP contribution >= 0.6 is 0 Å². The summed E-state index contributed by atoms with van der Waals surface area (Å²) in [5.41, 5.74) is -0.920. The average Bonchev–Trinajstić information content (AvgIpc) is 3.03. The molecule has 54 heavy (non-hydrogen) atoms. The molecule has 0 aliphatic carbocycles. The molecule has 0 spiro atoms. The van der Waals surface area contributed by atoms with E-state index >= 15 is 0 Å². The monoisotopic (exact) mass is 780 g/mol. The summed E-state index contributed by atoms with van der Waals surface area (Å²) in [4.78, 5) is 79.3. The normalized spacial score (nSPS) is 14.9. The van der Waals surface area contributed by atoms with Crippen molar-refractivity contribution in [3.05, 3.63) is 47.4 Å². The van der Waals surface area contributed by atoms with E-state index in [-0.39, 0.29) is 19.4 Å². The number of esters is 2. The third-order valence-electron chi connectivity index (χ3n) is 7.61. The Morgan fingerprint density at radius 3 is 1.83 bits per heavy atom. The number of sulfone groups is 1. The lowest BCUT2D eigenvalue weighted by molar-refractivity contribution is -0.156. The molecule has 0 heterocycles. The number of hydrogen-bond acceptors (Lipinski definition) is 11. The van der Waals surface area contributed by atoms with Gasteiger partial charge in [0.15, 0.2) is 9.84 Å². The molecule has 1 unspecified atom stereocenters. The molecule has 4 amide bonds. The van der Waals surface area contributed by atoms with E-state index in [2.05, 4.69) is 21.3 Å². The molecule has 1 aromatic carbocycles. The molecule has 15 nitrogen and oxygen atoms in total. The number of carbonyl (C=O) groups is 6. The van der Waals surface area contributed by atoms with Crippen LogP contribution in [0.2, 0.25) is 0 Å². The molecule has 0 fully saturated rings. The molecule has 0 saturated heterocycles. The first kappa shape index (κ1) is 47.6. The van der Waals surface area contributed by atoms with Crippen molar-refractivity contribution in [1.29, 1.82) is 0 Å². The molecule has 304 valence electrons. The Balaban J connectivity index is 3.34. The number of amides is 4. The SMILES string of the molecule is CCC(C)[C@H](NC(=O)[C@H](CCC(=O)OC(C)(C)C)NC(=O)[C@@H](NC(=O)OCc1ccccc1)C(C)C)C(=O)N[C@H](/C=C/S(C)(=O)=O)CC(=O)OC(C)(C)C. The predicted octanol–water partition coefficient (Wildman–Crippen LogP) is 3.85. The summed E-state index contributed by atoms with van der Waals surface area (Å²) in [6, 6.07) is 4.09. The van der Waals surface area contributed by atoms with Crippen LogP contribution in [0.25, 0.3) is 0 Å². The lowest BCUT2D eigenvalue weighted by Crippen LogP contribution is -2.59. The van der Waals surface area contributed by atoms with Crippen LogP contribution < -0.4 is 21.3 Å². The first-order chi connectivity index (χ1) is 24.8. The molecule has 0 bridgehead atoms. The molecule has 0 saturated carbocycles. The van der Waals surface area contributed by atoms with Crippen LogP contribution in [0.5, 0.6) is 0 Å². The van der Waals surface area contributed by atoms with Crippen molar-refractivity contribution in [3.63, 3.8) is 0 Å². The quantitative estimate of drug-likeness (QED) is 0.117. The van der Waals surface area contributed by atoms with E-state index in [1.165, 1.54) is 0 Å². The highest BCUT2D eigenvalue weighted by atomic mass is 32.2. The Morgan fingerprint density at radius 1 is 0.759 bits per heavy atom. The highest BCUT2D eigenvalue weighted by Gasteiger charge is 2.34. The molecular formula is C38H60N4O11S. The fourth-order valence-corrected chi connectivity index (χ4v) is 5.28. The summed E-state index contributed by atoms with van der Waals surface area (Å²) in [5, 5.41) is 11.3. The zero-order valence-corrected chi connectivity index (χ0v) is 34.3. The summed E-state index contributed by atoms with van der Waals surface area (Å²) in [6.07, 6.45) is 0.765. The second kappa shape index (κ2) is 21.4. The van der Waals surface area contributed by atoms with E-state index in [9.17, 15) is 37.2 Å². The van der Waals surface area contributed by atoms with E-state index in [0.717, 1.165) is 23.3 Å². The van der Waals surface area contributed by atoms with Gasteiger partial charge in [0.1, 0.15) is 35.9 Å². The van der Waals surface area contributed by atoms with Crippen molar-refractivity contribution in [3.8, 4) is 0 Å². The number of nitrogens with one attached hydrogen (secondary N) is 4. The smallest absolute Gasteiger partial charge is 0.408 e. The summed E-state index contributed by atoms with van der Waals surface area (Å²) in [7, 11) is -3.64. The Bertz CT molecular complexity index is 1570. The Kier molecular flexibility index (Phi) is 18.9. The highest BCUT2D eigenvalue weighted by molar-refractivity contribution is 7.93. The van der Waals surface area contributed by atoms with Crippen molar-refractivity contribution >= 4 is 45.6 Å². The second-order valence-corrected chi connectivity index (χ2v) is 17.5. The van der Waals surface area contributed by atoms with Crippen LogP contribution in [0.1, 0.15) is 100 Å². The third-order valence-corrected chi connectivity index (χ3v) is 8.26. The van der Waals surface area contributed by atoms with Crippen LogP contribution in [0, 0.1) is 11.8 Å². The van der Waals surface area contributed by atoms with Crippen molar-refractivity contribution in [2.24, 2.45) is 11.8 Å². The van der Waals surface area contributed by atoms with Gasteiger partial charge in [-0.1, -0.05) is 70.5 Å². The summed E-state index contributed by atoms with van der Waals surface area (Å²) < 4.78 is 39.8. The number of hydrogen-bond donors (Lipinski definition) is 4. The number of benzene rings is 1. The Hall–Kier alpha value is -4.47. The summed E-state index contributed by atoms with van der Waals surface area (Å²) in [6.45, 7) is 16.9. The van der Waals surface area contributed by atoms with E-state index < -0.39 is 99.2 Å². The lowest BCUT2D eigenvalue weighted by Gasteiger charge is -2.29.